The summed E-state index contributed by atoms with van der Waals surface area (Å²) in [5.41, 5.74) is 0. The van der Waals surface area contributed by atoms with Crippen LogP contribution in [-0.2, 0) is 18.6 Å². The van der Waals surface area contributed by atoms with Crippen molar-refractivity contribution in [3.8, 4) is 5.75 Å². The number of phosphoric acid groups is 1. The fraction of sp³-hybridized carbons (Fsp3) is 0.812. The smallest absolute Gasteiger partial charge is 0.319 e. The van der Waals surface area contributed by atoms with Gasteiger partial charge in [-0.3, -0.25) is 4.57 Å². The van der Waals surface area contributed by atoms with Crippen LogP contribution in [0.4, 0.5) is 0 Å². The lowest BCUT2D eigenvalue weighted by molar-refractivity contribution is -0.894. The highest BCUT2D eigenvalue weighted by atomic mass is 35.5. The van der Waals surface area contributed by atoms with Crippen molar-refractivity contribution in [1.82, 2.24) is 0 Å². The van der Waals surface area contributed by atoms with Crippen LogP contribution in [0.25, 0.3) is 0 Å². The Bertz CT molecular complexity index is 747. The minimum Gasteiger partial charge on any atom is -0.746 e. The highest BCUT2D eigenvalue weighted by Gasteiger charge is 2.17. The SMILES string of the molecule is CCCCCCCCCCCCCCCCOCC(COP(=O)([O-])Oc1ccccc1Cl)OC.CC[NH+](CC)CC. The van der Waals surface area contributed by atoms with Gasteiger partial charge in [0.1, 0.15) is 11.9 Å². The summed E-state index contributed by atoms with van der Waals surface area (Å²) in [5, 5.41) is 0.196. The van der Waals surface area contributed by atoms with Crippen LogP contribution in [0.1, 0.15) is 118 Å². The van der Waals surface area contributed by atoms with E-state index in [0.717, 1.165) is 12.8 Å². The highest BCUT2D eigenvalue weighted by Crippen LogP contribution is 2.42. The van der Waals surface area contributed by atoms with Gasteiger partial charge in [0.05, 0.1) is 37.9 Å². The number of benzene rings is 1. The Morgan fingerprint density at radius 3 is 1.71 bits per heavy atom. The topological polar surface area (TPSA) is 81.5 Å². The molecule has 0 bridgehead atoms. The number of unbranched alkanes of at least 4 members (excludes halogenated alkanes) is 13. The monoisotopic (exact) mass is 621 g/mol. The molecule has 1 aromatic rings. The van der Waals surface area contributed by atoms with Crippen molar-refractivity contribution in [1.29, 1.82) is 0 Å². The summed E-state index contributed by atoms with van der Waals surface area (Å²) in [5.74, 6) is 0.0329. The molecule has 9 heteroatoms. The van der Waals surface area contributed by atoms with E-state index in [9.17, 15) is 9.46 Å². The Hall–Kier alpha value is -0.660. The van der Waals surface area contributed by atoms with E-state index in [0.29, 0.717) is 6.61 Å². The largest absolute Gasteiger partial charge is 0.746 e. The number of methoxy groups -OCH3 is 1. The highest BCUT2D eigenvalue weighted by molar-refractivity contribution is 7.46. The summed E-state index contributed by atoms with van der Waals surface area (Å²) in [6.07, 6.45) is 17.9. The Kier molecular flexibility index (Phi) is 27.7. The second-order valence-corrected chi connectivity index (χ2v) is 12.3. The van der Waals surface area contributed by atoms with Crippen LogP contribution < -0.4 is 14.3 Å². The minimum absolute atomic E-state index is 0.0329. The normalized spacial score (nSPS) is 13.5. The van der Waals surface area contributed by atoms with Crippen molar-refractivity contribution in [3.05, 3.63) is 29.3 Å². The third-order valence-electron chi connectivity index (χ3n) is 7.24. The van der Waals surface area contributed by atoms with Crippen LogP contribution >= 0.6 is 19.4 Å². The third-order valence-corrected chi connectivity index (χ3v) is 8.44. The van der Waals surface area contributed by atoms with Gasteiger partial charge in [-0.25, -0.2) is 0 Å². The molecule has 1 rings (SSSR count). The number of hydrogen-bond acceptors (Lipinski definition) is 6. The Morgan fingerprint density at radius 1 is 0.780 bits per heavy atom. The van der Waals surface area contributed by atoms with Gasteiger partial charge in [-0.05, 0) is 39.3 Å². The van der Waals surface area contributed by atoms with Crippen molar-refractivity contribution in [2.24, 2.45) is 0 Å². The van der Waals surface area contributed by atoms with Crippen molar-refractivity contribution in [3.63, 3.8) is 0 Å². The van der Waals surface area contributed by atoms with Gasteiger partial charge >= 0.3 is 7.82 Å². The molecule has 242 valence electrons. The number of rotatable bonds is 26. The molecule has 2 unspecified atom stereocenters. The number of hydrogen-bond donors (Lipinski definition) is 1. The first kappa shape index (κ1) is 40.3. The molecule has 7 nitrogen and oxygen atoms in total. The number of phosphoric ester groups is 1. The van der Waals surface area contributed by atoms with Crippen LogP contribution in [0.2, 0.25) is 5.02 Å². The Labute approximate surface area is 257 Å². The summed E-state index contributed by atoms with van der Waals surface area (Å²) in [6.45, 7) is 13.5. The predicted molar refractivity (Wildman–Crippen MR) is 170 cm³/mol. The zero-order valence-electron chi connectivity index (χ0n) is 26.8. The van der Waals surface area contributed by atoms with Crippen molar-refractivity contribution < 1.29 is 32.9 Å². The predicted octanol–water partition coefficient (Wildman–Crippen LogP) is 7.65. The molecule has 0 aromatic heterocycles. The maximum atomic E-state index is 12.0. The molecule has 0 aliphatic heterocycles. The molecule has 41 heavy (non-hydrogen) atoms. The quantitative estimate of drug-likeness (QED) is 0.0845. The molecule has 0 radical (unpaired) electrons. The molecule has 1 aromatic carbocycles. The number of para-hydroxylation sites is 1. The molecule has 0 saturated heterocycles. The van der Waals surface area contributed by atoms with E-state index >= 15 is 0 Å². The Morgan fingerprint density at radius 2 is 1.27 bits per heavy atom. The first-order valence-corrected chi connectivity index (χ1v) is 18.0. The van der Waals surface area contributed by atoms with E-state index in [4.69, 9.17) is 30.1 Å². The average Bonchev–Trinajstić information content (AvgIpc) is 2.97. The number of halogens is 1. The van der Waals surface area contributed by atoms with Crippen molar-refractivity contribution in [2.45, 2.75) is 124 Å². The van der Waals surface area contributed by atoms with Crippen molar-refractivity contribution >= 4 is 19.4 Å². The van der Waals surface area contributed by atoms with Gasteiger partial charge in [0.25, 0.3) is 0 Å². The maximum Gasteiger partial charge on any atom is 0.319 e. The summed E-state index contributed by atoms with van der Waals surface area (Å²) >= 11 is 5.92. The van der Waals surface area contributed by atoms with Crippen LogP contribution in [0.5, 0.6) is 5.75 Å². The number of quaternary nitrogens is 1. The standard InChI is InChI=1S/C26H46ClO6P.C6H15N/c1-3-4-5-6-7-8-9-10-11-12-13-14-15-18-21-31-22-24(30-2)23-32-34(28,29)33-26-20-17-16-19-25(26)27;1-4-7(5-2)6-3/h16-17,19-20,24H,3-15,18,21-23H2,1-2H3,(H,28,29);4-6H2,1-3H3. The molecular formula is C32H61ClNO6P. The lowest BCUT2D eigenvalue weighted by atomic mass is 10.0. The van der Waals surface area contributed by atoms with Crippen molar-refractivity contribution in [2.75, 3.05) is 46.6 Å². The molecule has 2 atom stereocenters. The van der Waals surface area contributed by atoms with E-state index < -0.39 is 13.9 Å². The first-order chi connectivity index (χ1) is 19.8. The maximum absolute atomic E-state index is 12.0. The number of ether oxygens (including phenoxy) is 2. The second-order valence-electron chi connectivity index (χ2n) is 10.6. The average molecular weight is 622 g/mol. The summed E-state index contributed by atoms with van der Waals surface area (Å²) < 4.78 is 32.8. The van der Waals surface area contributed by atoms with Crippen LogP contribution in [-0.4, -0.2) is 52.7 Å². The van der Waals surface area contributed by atoms with E-state index in [1.54, 1.807) is 23.1 Å². The second kappa shape index (κ2) is 28.1. The van der Waals surface area contributed by atoms with E-state index in [-0.39, 0.29) is 24.0 Å². The van der Waals surface area contributed by atoms with Gasteiger partial charge < -0.3 is 28.3 Å². The minimum atomic E-state index is -4.55. The zero-order chi connectivity index (χ0) is 30.6. The Balaban J connectivity index is 0.00000201. The lowest BCUT2D eigenvalue weighted by Gasteiger charge is -2.25. The van der Waals surface area contributed by atoms with Gasteiger partial charge in [0.15, 0.2) is 0 Å². The summed E-state index contributed by atoms with van der Waals surface area (Å²) in [7, 11) is -3.06. The fourth-order valence-corrected chi connectivity index (χ4v) is 5.42. The zero-order valence-corrected chi connectivity index (χ0v) is 28.5. The molecule has 0 saturated carbocycles. The van der Waals surface area contributed by atoms with Gasteiger partial charge in [0.2, 0.25) is 0 Å². The molecule has 0 heterocycles. The van der Waals surface area contributed by atoms with Gasteiger partial charge in [-0.2, -0.15) is 0 Å². The summed E-state index contributed by atoms with van der Waals surface area (Å²) in [4.78, 5) is 13.7. The van der Waals surface area contributed by atoms with Crippen LogP contribution in [0.3, 0.4) is 0 Å². The number of nitrogens with one attached hydrogen (secondary N) is 1. The van der Waals surface area contributed by atoms with Crippen LogP contribution in [0.15, 0.2) is 24.3 Å². The van der Waals surface area contributed by atoms with Gasteiger partial charge in [-0.15, -0.1) is 0 Å². The third kappa shape index (κ3) is 24.5. The van der Waals surface area contributed by atoms with Crippen LogP contribution in [0, 0.1) is 0 Å². The fourth-order valence-electron chi connectivity index (χ4n) is 4.39. The van der Waals surface area contributed by atoms with Gasteiger partial charge in [-0.1, -0.05) is 114 Å². The molecule has 0 spiro atoms. The lowest BCUT2D eigenvalue weighted by Crippen LogP contribution is -3.11. The van der Waals surface area contributed by atoms with E-state index in [2.05, 4.69) is 27.7 Å². The molecule has 1 N–H and O–H groups in total. The molecular weight excluding hydrogens is 561 g/mol. The molecule has 0 fully saturated rings. The summed E-state index contributed by atoms with van der Waals surface area (Å²) in [6, 6.07) is 6.32. The van der Waals surface area contributed by atoms with E-state index in [1.807, 2.05) is 0 Å². The van der Waals surface area contributed by atoms with E-state index in [1.165, 1.54) is 110 Å². The molecule has 0 aliphatic rings. The molecule has 0 amide bonds. The molecule has 0 aliphatic carbocycles. The first-order valence-electron chi connectivity index (χ1n) is 16.2. The van der Waals surface area contributed by atoms with Gasteiger partial charge in [0, 0.05) is 13.7 Å².